The molecule has 1 aromatic carbocycles. The van der Waals surface area contributed by atoms with Crippen molar-refractivity contribution >= 4 is 33.1 Å². The van der Waals surface area contributed by atoms with Gasteiger partial charge in [0.2, 0.25) is 0 Å². The van der Waals surface area contributed by atoms with E-state index in [9.17, 15) is 4.39 Å². The lowest BCUT2D eigenvalue weighted by atomic mass is 10.1. The minimum Gasteiger partial charge on any atom is -0.487 e. The zero-order chi connectivity index (χ0) is 13.8. The average molecular weight is 341 g/mol. The van der Waals surface area contributed by atoms with Gasteiger partial charge in [0.15, 0.2) is 0 Å². The van der Waals surface area contributed by atoms with Crippen molar-refractivity contribution in [1.82, 2.24) is 4.98 Å². The predicted molar refractivity (Wildman–Crippen MR) is 78.6 cm³/mol. The van der Waals surface area contributed by atoms with Crippen molar-refractivity contribution in [2.24, 2.45) is 5.73 Å². The normalized spacial score (nSPS) is 10.2. The first-order chi connectivity index (χ1) is 9.06. The number of ether oxygens (including phenoxy) is 1. The van der Waals surface area contributed by atoms with Crippen LogP contribution < -0.4 is 10.5 Å². The highest BCUT2D eigenvalue weighted by Gasteiger charge is 2.06. The highest BCUT2D eigenvalue weighted by atomic mass is 79.9. The Morgan fingerprint density at radius 1 is 1.37 bits per heavy atom. The molecule has 0 aliphatic heterocycles. The summed E-state index contributed by atoms with van der Waals surface area (Å²) in [6.45, 7) is 0.113. The third-order valence-electron chi connectivity index (χ3n) is 2.41. The number of nitrogens with two attached hydrogens (primary N) is 1. The maximum Gasteiger partial charge on any atom is 0.139 e. The largest absolute Gasteiger partial charge is 0.487 e. The molecule has 0 bridgehead atoms. The Hall–Kier alpha value is -1.53. The predicted octanol–water partition coefficient (Wildman–Crippen LogP) is 3.20. The third kappa shape index (κ3) is 3.71. The molecular weight excluding hydrogens is 331 g/mol. The van der Waals surface area contributed by atoms with E-state index < -0.39 is 5.82 Å². The molecule has 0 radical (unpaired) electrons. The van der Waals surface area contributed by atoms with E-state index in [-0.39, 0.29) is 11.6 Å². The summed E-state index contributed by atoms with van der Waals surface area (Å²) in [6.07, 6.45) is 3.20. The molecule has 0 atom stereocenters. The molecule has 19 heavy (non-hydrogen) atoms. The van der Waals surface area contributed by atoms with E-state index in [4.69, 9.17) is 22.7 Å². The molecule has 1 heterocycles. The number of benzene rings is 1. The quantitative estimate of drug-likeness (QED) is 0.868. The van der Waals surface area contributed by atoms with Crippen LogP contribution in [0.4, 0.5) is 4.39 Å². The number of hydrogen-bond acceptors (Lipinski definition) is 3. The van der Waals surface area contributed by atoms with E-state index in [1.807, 2.05) is 0 Å². The van der Waals surface area contributed by atoms with Gasteiger partial charge in [-0.25, -0.2) is 4.39 Å². The van der Waals surface area contributed by atoms with Crippen molar-refractivity contribution in [2.75, 3.05) is 0 Å². The lowest BCUT2D eigenvalue weighted by molar-refractivity contribution is 0.298. The summed E-state index contributed by atoms with van der Waals surface area (Å²) in [5, 5.41) is 0. The molecule has 2 rings (SSSR count). The van der Waals surface area contributed by atoms with Crippen LogP contribution in [0.5, 0.6) is 5.75 Å². The van der Waals surface area contributed by atoms with Crippen LogP contribution in [0.15, 0.2) is 41.1 Å². The van der Waals surface area contributed by atoms with Crippen LogP contribution in [-0.4, -0.2) is 9.97 Å². The van der Waals surface area contributed by atoms with E-state index in [2.05, 4.69) is 20.9 Å². The van der Waals surface area contributed by atoms with Gasteiger partial charge in [-0.05, 0) is 28.1 Å². The number of pyridine rings is 1. The maximum absolute atomic E-state index is 13.8. The van der Waals surface area contributed by atoms with Crippen molar-refractivity contribution in [2.45, 2.75) is 6.61 Å². The summed E-state index contributed by atoms with van der Waals surface area (Å²) < 4.78 is 20.0. The molecule has 0 saturated carbocycles. The molecule has 0 saturated heterocycles. The molecule has 0 aliphatic carbocycles. The maximum atomic E-state index is 13.8. The van der Waals surface area contributed by atoms with Crippen LogP contribution in [0.25, 0.3) is 0 Å². The first kappa shape index (κ1) is 13.9. The van der Waals surface area contributed by atoms with Gasteiger partial charge in [0.1, 0.15) is 23.2 Å². The molecule has 98 valence electrons. The minimum absolute atomic E-state index is 0.113. The van der Waals surface area contributed by atoms with Crippen LogP contribution in [0, 0.1) is 5.82 Å². The Morgan fingerprint density at radius 3 is 2.79 bits per heavy atom. The molecule has 6 heteroatoms. The summed E-state index contributed by atoms with van der Waals surface area (Å²) in [7, 11) is 0. The molecular formula is C13H10BrFN2OS. The standard InChI is InChI=1S/C13H10BrFN2OS/c14-10-4-11(6-17-5-10)18-7-9-2-1-8(13(16)19)3-12(9)15/h1-6H,7H2,(H2,16,19). The highest BCUT2D eigenvalue weighted by molar-refractivity contribution is 9.10. The van der Waals surface area contributed by atoms with Gasteiger partial charge in [0.25, 0.3) is 0 Å². The Morgan fingerprint density at radius 2 is 2.16 bits per heavy atom. The zero-order valence-electron chi connectivity index (χ0n) is 9.77. The van der Waals surface area contributed by atoms with Crippen molar-refractivity contribution in [1.29, 1.82) is 0 Å². The number of hydrogen-bond donors (Lipinski definition) is 1. The molecule has 2 N–H and O–H groups in total. The minimum atomic E-state index is -0.395. The van der Waals surface area contributed by atoms with Crippen LogP contribution >= 0.6 is 28.1 Å². The summed E-state index contributed by atoms with van der Waals surface area (Å²) in [5.74, 6) is 0.167. The fourth-order valence-electron chi connectivity index (χ4n) is 1.45. The second-order valence-corrected chi connectivity index (χ2v) is 5.15. The highest BCUT2D eigenvalue weighted by Crippen LogP contribution is 2.18. The topological polar surface area (TPSA) is 48.1 Å². The monoisotopic (exact) mass is 340 g/mol. The van der Waals surface area contributed by atoms with Gasteiger partial charge >= 0.3 is 0 Å². The fourth-order valence-corrected chi connectivity index (χ4v) is 1.92. The Bertz CT molecular complexity index is 621. The second-order valence-electron chi connectivity index (χ2n) is 3.80. The first-order valence-electron chi connectivity index (χ1n) is 5.38. The number of nitrogens with zero attached hydrogens (tertiary/aromatic N) is 1. The molecule has 0 fully saturated rings. The van der Waals surface area contributed by atoms with Crippen LogP contribution in [0.3, 0.4) is 0 Å². The molecule has 2 aromatic rings. The molecule has 3 nitrogen and oxygen atoms in total. The van der Waals surface area contributed by atoms with Crippen molar-refractivity contribution in [3.63, 3.8) is 0 Å². The van der Waals surface area contributed by atoms with Gasteiger partial charge in [-0.1, -0.05) is 24.4 Å². The number of aromatic nitrogens is 1. The van der Waals surface area contributed by atoms with Gasteiger partial charge in [0, 0.05) is 21.8 Å². The SMILES string of the molecule is NC(=S)c1ccc(COc2cncc(Br)c2)c(F)c1. The van der Waals surface area contributed by atoms with Crippen LogP contribution in [0.2, 0.25) is 0 Å². The fraction of sp³-hybridized carbons (Fsp3) is 0.0769. The second kappa shape index (κ2) is 6.08. The van der Waals surface area contributed by atoms with E-state index in [0.717, 1.165) is 4.47 Å². The lowest BCUT2D eigenvalue weighted by Gasteiger charge is -2.08. The molecule has 0 unspecified atom stereocenters. The van der Waals surface area contributed by atoms with E-state index in [1.165, 1.54) is 6.07 Å². The van der Waals surface area contributed by atoms with Gasteiger partial charge in [-0.15, -0.1) is 0 Å². The van der Waals surface area contributed by atoms with E-state index in [1.54, 1.807) is 30.6 Å². The summed E-state index contributed by atoms with van der Waals surface area (Å²) in [4.78, 5) is 4.13. The Balaban J connectivity index is 2.10. The average Bonchev–Trinajstić information content (AvgIpc) is 2.37. The smallest absolute Gasteiger partial charge is 0.139 e. The Kier molecular flexibility index (Phi) is 4.44. The molecule has 0 aliphatic rings. The first-order valence-corrected chi connectivity index (χ1v) is 6.58. The molecule has 0 spiro atoms. The Labute approximate surface area is 123 Å². The number of thiocarbonyl (C=S) groups is 1. The van der Waals surface area contributed by atoms with Gasteiger partial charge in [0.05, 0.1) is 6.20 Å². The number of halogens is 2. The van der Waals surface area contributed by atoms with Gasteiger partial charge in [-0.2, -0.15) is 0 Å². The third-order valence-corrected chi connectivity index (χ3v) is 3.08. The zero-order valence-corrected chi connectivity index (χ0v) is 12.2. The van der Waals surface area contributed by atoms with Crippen molar-refractivity contribution in [3.8, 4) is 5.75 Å². The summed E-state index contributed by atoms with van der Waals surface area (Å²) in [5.41, 5.74) is 6.37. The number of rotatable bonds is 4. The van der Waals surface area contributed by atoms with Crippen molar-refractivity contribution < 1.29 is 9.13 Å². The lowest BCUT2D eigenvalue weighted by Crippen LogP contribution is -2.10. The van der Waals surface area contributed by atoms with Crippen molar-refractivity contribution in [3.05, 3.63) is 58.1 Å². The van der Waals surface area contributed by atoms with Gasteiger partial charge in [-0.3, -0.25) is 4.98 Å². The van der Waals surface area contributed by atoms with E-state index >= 15 is 0 Å². The van der Waals surface area contributed by atoms with E-state index in [0.29, 0.717) is 16.9 Å². The molecule has 1 aromatic heterocycles. The van der Waals surface area contributed by atoms with Crippen LogP contribution in [-0.2, 0) is 6.61 Å². The molecule has 0 amide bonds. The van der Waals surface area contributed by atoms with Gasteiger partial charge < -0.3 is 10.5 Å². The van der Waals surface area contributed by atoms with Crippen LogP contribution in [0.1, 0.15) is 11.1 Å². The summed E-state index contributed by atoms with van der Waals surface area (Å²) >= 11 is 8.07. The summed E-state index contributed by atoms with van der Waals surface area (Å²) in [6, 6.07) is 6.34.